The first-order valence-electron chi connectivity index (χ1n) is 6.58. The average molecular weight is 283 g/mol. The maximum absolute atomic E-state index is 11.5. The van der Waals surface area contributed by atoms with Crippen LogP contribution in [0.5, 0.6) is 0 Å². The normalized spacial score (nSPS) is 20.8. The molecule has 0 aliphatic carbocycles. The van der Waals surface area contributed by atoms with E-state index in [1.807, 2.05) is 6.07 Å². The van der Waals surface area contributed by atoms with E-state index in [-0.39, 0.29) is 4.90 Å². The molecule has 1 aromatic rings. The molecule has 0 spiro atoms. The summed E-state index contributed by atoms with van der Waals surface area (Å²) in [4.78, 5) is 0.198. The van der Waals surface area contributed by atoms with E-state index in [4.69, 9.17) is 5.14 Å². The molecule has 1 aliphatic rings. The zero-order valence-electron chi connectivity index (χ0n) is 11.1. The first kappa shape index (κ1) is 14.3. The van der Waals surface area contributed by atoms with Crippen LogP contribution in [0, 0.1) is 6.92 Å². The summed E-state index contributed by atoms with van der Waals surface area (Å²) in [5.41, 5.74) is 1.56. The van der Waals surface area contributed by atoms with Crippen molar-refractivity contribution in [1.82, 2.24) is 5.32 Å². The Kier molecular flexibility index (Phi) is 4.44. The van der Waals surface area contributed by atoms with E-state index in [9.17, 15) is 8.42 Å². The number of hydrogen-bond donors (Lipinski definition) is 3. The van der Waals surface area contributed by atoms with Crippen molar-refractivity contribution in [3.8, 4) is 0 Å². The van der Waals surface area contributed by atoms with Crippen molar-refractivity contribution in [1.29, 1.82) is 0 Å². The molecule has 6 heteroatoms. The molecular formula is C13H21N3O2S. The van der Waals surface area contributed by atoms with E-state index < -0.39 is 10.0 Å². The highest BCUT2D eigenvalue weighted by Crippen LogP contribution is 2.24. The number of primary sulfonamides is 1. The van der Waals surface area contributed by atoms with Crippen LogP contribution in [0.15, 0.2) is 23.1 Å². The highest BCUT2D eigenvalue weighted by atomic mass is 32.2. The first-order valence-corrected chi connectivity index (χ1v) is 8.13. The van der Waals surface area contributed by atoms with Gasteiger partial charge in [0.15, 0.2) is 0 Å². The number of anilines is 1. The van der Waals surface area contributed by atoms with Crippen molar-refractivity contribution >= 4 is 15.7 Å². The standard InChI is InChI=1S/C13H21N3O2S/c1-10-12(5-2-6-13(10)19(14,17)18)16-11-4-3-8-15-9-7-11/h2,5-6,11,15-16H,3-4,7-9H2,1H3,(H2,14,17,18). The molecule has 1 unspecified atom stereocenters. The predicted molar refractivity (Wildman–Crippen MR) is 76.7 cm³/mol. The molecule has 1 aliphatic heterocycles. The summed E-state index contributed by atoms with van der Waals surface area (Å²) >= 11 is 0. The maximum Gasteiger partial charge on any atom is 0.238 e. The summed E-state index contributed by atoms with van der Waals surface area (Å²) in [6.45, 7) is 3.83. The van der Waals surface area contributed by atoms with Crippen LogP contribution in [-0.2, 0) is 10.0 Å². The number of hydrogen-bond acceptors (Lipinski definition) is 4. The minimum atomic E-state index is -3.66. The summed E-state index contributed by atoms with van der Waals surface area (Å²) in [7, 11) is -3.66. The largest absolute Gasteiger partial charge is 0.382 e. The third kappa shape index (κ3) is 3.68. The molecule has 1 aromatic carbocycles. The number of sulfonamides is 1. The van der Waals surface area contributed by atoms with Gasteiger partial charge in [-0.15, -0.1) is 0 Å². The van der Waals surface area contributed by atoms with Crippen LogP contribution in [0.4, 0.5) is 5.69 Å². The van der Waals surface area contributed by atoms with Gasteiger partial charge in [0, 0.05) is 11.7 Å². The average Bonchev–Trinajstić information content (AvgIpc) is 2.59. The fourth-order valence-electron chi connectivity index (χ4n) is 2.46. The quantitative estimate of drug-likeness (QED) is 0.778. The molecule has 1 fully saturated rings. The second kappa shape index (κ2) is 5.90. The van der Waals surface area contributed by atoms with E-state index in [0.29, 0.717) is 11.6 Å². The molecule has 0 amide bonds. The van der Waals surface area contributed by atoms with Gasteiger partial charge in [-0.2, -0.15) is 0 Å². The van der Waals surface area contributed by atoms with Crippen molar-refractivity contribution in [3.63, 3.8) is 0 Å². The monoisotopic (exact) mass is 283 g/mol. The summed E-state index contributed by atoms with van der Waals surface area (Å²) < 4.78 is 23.0. The smallest absolute Gasteiger partial charge is 0.238 e. The fourth-order valence-corrected chi connectivity index (χ4v) is 3.27. The van der Waals surface area contributed by atoms with Gasteiger partial charge in [0.1, 0.15) is 0 Å². The molecule has 0 saturated carbocycles. The molecule has 1 saturated heterocycles. The highest BCUT2D eigenvalue weighted by molar-refractivity contribution is 7.89. The molecular weight excluding hydrogens is 262 g/mol. The number of nitrogens with two attached hydrogens (primary N) is 1. The minimum absolute atomic E-state index is 0.198. The Labute approximate surface area is 114 Å². The van der Waals surface area contributed by atoms with Crippen LogP contribution in [-0.4, -0.2) is 27.5 Å². The zero-order chi connectivity index (χ0) is 13.9. The second-order valence-corrected chi connectivity index (χ2v) is 6.53. The van der Waals surface area contributed by atoms with Crippen LogP contribution < -0.4 is 15.8 Å². The van der Waals surface area contributed by atoms with Gasteiger partial charge in [-0.25, -0.2) is 13.6 Å². The van der Waals surface area contributed by atoms with E-state index in [2.05, 4.69) is 10.6 Å². The van der Waals surface area contributed by atoms with Gasteiger partial charge in [-0.3, -0.25) is 0 Å². The van der Waals surface area contributed by atoms with E-state index >= 15 is 0 Å². The molecule has 2 rings (SSSR count). The molecule has 19 heavy (non-hydrogen) atoms. The molecule has 106 valence electrons. The van der Waals surface area contributed by atoms with Gasteiger partial charge in [0.05, 0.1) is 4.90 Å². The lowest BCUT2D eigenvalue weighted by molar-refractivity contribution is 0.597. The summed E-state index contributed by atoms with van der Waals surface area (Å²) in [5, 5.41) is 12.0. The lowest BCUT2D eigenvalue weighted by Gasteiger charge is -2.20. The van der Waals surface area contributed by atoms with Crippen LogP contribution >= 0.6 is 0 Å². The number of nitrogens with one attached hydrogen (secondary N) is 2. The van der Waals surface area contributed by atoms with Gasteiger partial charge in [-0.05, 0) is 57.0 Å². The van der Waals surface area contributed by atoms with Crippen LogP contribution in [0.3, 0.4) is 0 Å². The predicted octanol–water partition coefficient (Wildman–Crippen LogP) is 1.20. The van der Waals surface area contributed by atoms with Crippen molar-refractivity contribution in [2.45, 2.75) is 37.1 Å². The van der Waals surface area contributed by atoms with Crippen molar-refractivity contribution in [2.75, 3.05) is 18.4 Å². The lowest BCUT2D eigenvalue weighted by atomic mass is 10.1. The van der Waals surface area contributed by atoms with E-state index in [1.165, 1.54) is 0 Å². The van der Waals surface area contributed by atoms with Gasteiger partial charge >= 0.3 is 0 Å². The van der Waals surface area contributed by atoms with Crippen molar-refractivity contribution < 1.29 is 8.42 Å². The molecule has 0 aromatic heterocycles. The van der Waals surface area contributed by atoms with Crippen molar-refractivity contribution in [3.05, 3.63) is 23.8 Å². The highest BCUT2D eigenvalue weighted by Gasteiger charge is 2.16. The van der Waals surface area contributed by atoms with Crippen LogP contribution in [0.2, 0.25) is 0 Å². The number of rotatable bonds is 3. The summed E-state index contributed by atoms with van der Waals surface area (Å²) in [6.07, 6.45) is 3.26. The molecule has 5 nitrogen and oxygen atoms in total. The van der Waals surface area contributed by atoms with E-state index in [0.717, 1.165) is 38.0 Å². The molecule has 0 bridgehead atoms. The Morgan fingerprint density at radius 3 is 2.84 bits per heavy atom. The maximum atomic E-state index is 11.5. The SMILES string of the molecule is Cc1c(NC2CCCNCC2)cccc1S(N)(=O)=O. The van der Waals surface area contributed by atoms with Gasteiger partial charge in [0.2, 0.25) is 10.0 Å². The fraction of sp³-hybridized carbons (Fsp3) is 0.538. The van der Waals surface area contributed by atoms with Crippen LogP contribution in [0.1, 0.15) is 24.8 Å². The number of benzene rings is 1. The molecule has 4 N–H and O–H groups in total. The zero-order valence-corrected chi connectivity index (χ0v) is 12.0. The third-order valence-electron chi connectivity index (χ3n) is 3.53. The topological polar surface area (TPSA) is 84.2 Å². The Morgan fingerprint density at radius 1 is 1.32 bits per heavy atom. The Morgan fingerprint density at radius 2 is 2.11 bits per heavy atom. The Balaban J connectivity index is 2.21. The van der Waals surface area contributed by atoms with E-state index in [1.54, 1.807) is 19.1 Å². The van der Waals surface area contributed by atoms with Crippen molar-refractivity contribution in [2.24, 2.45) is 5.14 Å². The Bertz CT molecular complexity index is 535. The summed E-state index contributed by atoms with van der Waals surface area (Å²) in [6, 6.07) is 5.56. The summed E-state index contributed by atoms with van der Waals surface area (Å²) in [5.74, 6) is 0. The Hall–Kier alpha value is -1.11. The van der Waals surface area contributed by atoms with Gasteiger partial charge < -0.3 is 10.6 Å². The third-order valence-corrected chi connectivity index (χ3v) is 4.58. The minimum Gasteiger partial charge on any atom is -0.382 e. The molecule has 1 heterocycles. The molecule has 1 atom stereocenters. The molecule has 0 radical (unpaired) electrons. The van der Waals surface area contributed by atoms with Gasteiger partial charge in [-0.1, -0.05) is 6.07 Å². The first-order chi connectivity index (χ1) is 8.98. The lowest BCUT2D eigenvalue weighted by Crippen LogP contribution is -2.22. The van der Waals surface area contributed by atoms with Gasteiger partial charge in [0.25, 0.3) is 0 Å². The van der Waals surface area contributed by atoms with Crippen LogP contribution in [0.25, 0.3) is 0 Å². The second-order valence-electron chi connectivity index (χ2n) is 5.00.